The zero-order valence-corrected chi connectivity index (χ0v) is 13.2. The van der Waals surface area contributed by atoms with Crippen molar-refractivity contribution in [2.75, 3.05) is 6.61 Å². The van der Waals surface area contributed by atoms with E-state index in [9.17, 15) is 14.7 Å². The van der Waals surface area contributed by atoms with Crippen molar-refractivity contribution in [1.29, 1.82) is 0 Å². The minimum Gasteiger partial charge on any atom is -0.486 e. The van der Waals surface area contributed by atoms with Gasteiger partial charge in [0.25, 0.3) is 0 Å². The number of ether oxygens (including phenoxy) is 1. The van der Waals surface area contributed by atoms with Crippen molar-refractivity contribution in [2.45, 2.75) is 13.5 Å². The molecule has 1 aromatic heterocycles. The Hall–Kier alpha value is -3.08. The largest absolute Gasteiger partial charge is 0.486 e. The van der Waals surface area contributed by atoms with E-state index in [0.29, 0.717) is 11.1 Å². The van der Waals surface area contributed by atoms with E-state index in [0.717, 1.165) is 11.1 Å². The van der Waals surface area contributed by atoms with Crippen LogP contribution in [0.4, 0.5) is 0 Å². The van der Waals surface area contributed by atoms with E-state index in [-0.39, 0.29) is 24.5 Å². The van der Waals surface area contributed by atoms with Crippen molar-refractivity contribution in [2.24, 2.45) is 0 Å². The lowest BCUT2D eigenvalue weighted by Crippen LogP contribution is -2.17. The Kier molecular flexibility index (Phi) is 4.33. The fourth-order valence-electron chi connectivity index (χ4n) is 2.58. The number of rotatable bonds is 6. The monoisotopic (exact) mass is 323 g/mol. The second kappa shape index (κ2) is 6.58. The highest BCUT2D eigenvalue weighted by Gasteiger charge is 2.15. The van der Waals surface area contributed by atoms with Gasteiger partial charge in [-0.2, -0.15) is 0 Å². The number of para-hydroxylation sites is 1. The Labute approximate surface area is 139 Å². The number of aromatic carboxylic acids is 1. The fourth-order valence-corrected chi connectivity index (χ4v) is 2.58. The summed E-state index contributed by atoms with van der Waals surface area (Å²) in [6.45, 7) is 1.99. The zero-order chi connectivity index (χ0) is 17.1. The third-order valence-electron chi connectivity index (χ3n) is 3.79. The van der Waals surface area contributed by atoms with Crippen molar-refractivity contribution in [3.8, 4) is 5.75 Å². The number of fused-ring (bicyclic) bond motifs is 1. The molecule has 0 spiro atoms. The predicted molar refractivity (Wildman–Crippen MR) is 90.6 cm³/mol. The predicted octanol–water partition coefficient (Wildman–Crippen LogP) is 3.30. The van der Waals surface area contributed by atoms with Gasteiger partial charge >= 0.3 is 5.97 Å². The van der Waals surface area contributed by atoms with Gasteiger partial charge in [-0.05, 0) is 25.1 Å². The molecule has 122 valence electrons. The van der Waals surface area contributed by atoms with Crippen LogP contribution in [0.5, 0.6) is 5.75 Å². The topological polar surface area (TPSA) is 68.5 Å². The molecule has 24 heavy (non-hydrogen) atoms. The molecule has 1 N–H and O–H groups in total. The number of hydrogen-bond donors (Lipinski definition) is 1. The van der Waals surface area contributed by atoms with Gasteiger partial charge in [-0.1, -0.05) is 35.9 Å². The van der Waals surface area contributed by atoms with Crippen LogP contribution >= 0.6 is 0 Å². The molecule has 0 aliphatic carbocycles. The first-order valence-electron chi connectivity index (χ1n) is 7.57. The molecular formula is C19H17NO4. The van der Waals surface area contributed by atoms with Crippen LogP contribution in [-0.4, -0.2) is 28.0 Å². The van der Waals surface area contributed by atoms with Gasteiger partial charge in [0.1, 0.15) is 12.4 Å². The summed E-state index contributed by atoms with van der Waals surface area (Å²) >= 11 is 0. The molecule has 0 aliphatic rings. The highest BCUT2D eigenvalue weighted by atomic mass is 16.5. The summed E-state index contributed by atoms with van der Waals surface area (Å²) in [7, 11) is 0. The number of carbonyl (C=O) groups is 2. The van der Waals surface area contributed by atoms with Gasteiger partial charge in [0.15, 0.2) is 5.78 Å². The SMILES string of the molecule is Cc1ccc(OCC(=O)Cn2cc(C(=O)O)c3ccccc32)cc1. The smallest absolute Gasteiger partial charge is 0.337 e. The summed E-state index contributed by atoms with van der Waals surface area (Å²) < 4.78 is 7.13. The van der Waals surface area contributed by atoms with Crippen molar-refractivity contribution in [3.05, 3.63) is 65.9 Å². The van der Waals surface area contributed by atoms with Crippen LogP contribution in [0.3, 0.4) is 0 Å². The average molecular weight is 323 g/mol. The molecule has 0 aliphatic heterocycles. The Morgan fingerprint density at radius 3 is 2.50 bits per heavy atom. The average Bonchev–Trinajstić information content (AvgIpc) is 2.93. The van der Waals surface area contributed by atoms with Gasteiger partial charge in [-0.3, -0.25) is 4.79 Å². The molecule has 3 rings (SSSR count). The second-order valence-corrected chi connectivity index (χ2v) is 5.63. The van der Waals surface area contributed by atoms with E-state index < -0.39 is 5.97 Å². The van der Waals surface area contributed by atoms with Crippen molar-refractivity contribution < 1.29 is 19.4 Å². The summed E-state index contributed by atoms with van der Waals surface area (Å²) in [5.41, 5.74) is 2.03. The summed E-state index contributed by atoms with van der Waals surface area (Å²) in [6, 6.07) is 14.6. The molecule has 0 saturated carbocycles. The number of Topliss-reactive ketones (excluding diaryl/α,β-unsaturated/α-hetero) is 1. The Morgan fingerprint density at radius 1 is 1.08 bits per heavy atom. The molecule has 0 fully saturated rings. The van der Waals surface area contributed by atoms with Crippen LogP contribution in [0.15, 0.2) is 54.7 Å². The fraction of sp³-hybridized carbons (Fsp3) is 0.158. The van der Waals surface area contributed by atoms with Gasteiger partial charge in [0, 0.05) is 17.1 Å². The lowest BCUT2D eigenvalue weighted by molar-refractivity contribution is -0.121. The minimum absolute atomic E-state index is 0.0576. The van der Waals surface area contributed by atoms with Crippen LogP contribution in [0.25, 0.3) is 10.9 Å². The maximum atomic E-state index is 12.2. The molecule has 0 radical (unpaired) electrons. The quantitative estimate of drug-likeness (QED) is 0.756. The number of nitrogens with zero attached hydrogens (tertiary/aromatic N) is 1. The number of aromatic nitrogens is 1. The van der Waals surface area contributed by atoms with E-state index in [4.69, 9.17) is 4.74 Å². The van der Waals surface area contributed by atoms with Crippen LogP contribution in [0.2, 0.25) is 0 Å². The first-order chi connectivity index (χ1) is 11.5. The molecule has 0 unspecified atom stereocenters. The van der Waals surface area contributed by atoms with Gasteiger partial charge in [0.2, 0.25) is 0 Å². The van der Waals surface area contributed by atoms with E-state index in [1.807, 2.05) is 37.3 Å². The second-order valence-electron chi connectivity index (χ2n) is 5.63. The maximum absolute atomic E-state index is 12.2. The third-order valence-corrected chi connectivity index (χ3v) is 3.79. The first-order valence-corrected chi connectivity index (χ1v) is 7.57. The van der Waals surface area contributed by atoms with E-state index in [2.05, 4.69) is 0 Å². The van der Waals surface area contributed by atoms with Crippen molar-refractivity contribution in [3.63, 3.8) is 0 Å². The molecule has 0 atom stereocenters. The lowest BCUT2D eigenvalue weighted by Gasteiger charge is -2.07. The first kappa shape index (κ1) is 15.8. The number of aryl methyl sites for hydroxylation is 1. The zero-order valence-electron chi connectivity index (χ0n) is 13.2. The highest BCUT2D eigenvalue weighted by Crippen LogP contribution is 2.21. The normalized spacial score (nSPS) is 10.7. The molecule has 0 saturated heterocycles. The van der Waals surface area contributed by atoms with Gasteiger partial charge in [-0.25, -0.2) is 4.79 Å². The molecule has 2 aromatic carbocycles. The molecule has 0 bridgehead atoms. The van der Waals surface area contributed by atoms with Crippen LogP contribution in [0.1, 0.15) is 15.9 Å². The van der Waals surface area contributed by atoms with Gasteiger partial charge < -0.3 is 14.4 Å². The summed E-state index contributed by atoms with van der Waals surface area (Å²) in [5, 5.41) is 9.90. The number of carbonyl (C=O) groups excluding carboxylic acids is 1. The van der Waals surface area contributed by atoms with E-state index in [1.165, 1.54) is 6.20 Å². The third kappa shape index (κ3) is 3.30. The molecular weight excluding hydrogens is 306 g/mol. The standard InChI is InChI=1S/C19H17NO4/c1-13-6-8-15(9-7-13)24-12-14(21)10-20-11-17(19(22)23)16-4-2-3-5-18(16)20/h2-9,11H,10,12H2,1H3,(H,22,23). The Balaban J connectivity index is 1.73. The number of hydrogen-bond acceptors (Lipinski definition) is 3. The maximum Gasteiger partial charge on any atom is 0.337 e. The summed E-state index contributed by atoms with van der Waals surface area (Å²) in [4.78, 5) is 23.5. The number of benzene rings is 2. The van der Waals surface area contributed by atoms with Crippen LogP contribution in [0, 0.1) is 6.92 Å². The van der Waals surface area contributed by atoms with E-state index in [1.54, 1.807) is 22.8 Å². The summed E-state index contributed by atoms with van der Waals surface area (Å²) in [6.07, 6.45) is 1.50. The number of carboxylic acids is 1. The van der Waals surface area contributed by atoms with Crippen molar-refractivity contribution >= 4 is 22.7 Å². The molecule has 3 aromatic rings. The van der Waals surface area contributed by atoms with Crippen LogP contribution < -0.4 is 4.74 Å². The Bertz CT molecular complexity index is 893. The molecule has 5 nitrogen and oxygen atoms in total. The van der Waals surface area contributed by atoms with Crippen LogP contribution in [-0.2, 0) is 11.3 Å². The Morgan fingerprint density at radius 2 is 1.79 bits per heavy atom. The highest BCUT2D eigenvalue weighted by molar-refractivity contribution is 6.03. The molecule has 0 amide bonds. The number of carboxylic acid groups (broad SMARTS) is 1. The molecule has 5 heteroatoms. The van der Waals surface area contributed by atoms with Crippen molar-refractivity contribution in [1.82, 2.24) is 4.57 Å². The number of ketones is 1. The van der Waals surface area contributed by atoms with Gasteiger partial charge in [-0.15, -0.1) is 0 Å². The summed E-state index contributed by atoms with van der Waals surface area (Å²) in [5.74, 6) is -0.501. The van der Waals surface area contributed by atoms with E-state index >= 15 is 0 Å². The minimum atomic E-state index is -1.01. The van der Waals surface area contributed by atoms with Gasteiger partial charge in [0.05, 0.1) is 12.1 Å². The molecule has 1 heterocycles. The lowest BCUT2D eigenvalue weighted by atomic mass is 10.2.